The average molecular weight is 703 g/mol. The van der Waals surface area contributed by atoms with Crippen molar-refractivity contribution >= 4 is 46.4 Å². The van der Waals surface area contributed by atoms with Crippen molar-refractivity contribution in [3.63, 3.8) is 0 Å². The second kappa shape index (κ2) is 13.2. The monoisotopic (exact) mass is 702 g/mol. The summed E-state index contributed by atoms with van der Waals surface area (Å²) in [5.74, 6) is 0. The van der Waals surface area contributed by atoms with Gasteiger partial charge in [0, 0.05) is 103 Å². The number of nitrogens with zero attached hydrogens (tertiary/aromatic N) is 8. The van der Waals surface area contributed by atoms with E-state index in [1.165, 1.54) is 0 Å². The summed E-state index contributed by atoms with van der Waals surface area (Å²) in [6.07, 6.45) is 23.1. The van der Waals surface area contributed by atoms with Crippen LogP contribution in [-0.4, -0.2) is 39.0 Å². The molecule has 8 bridgehead atoms. The van der Waals surface area contributed by atoms with Crippen molar-refractivity contribution in [1.82, 2.24) is 39.0 Å². The molecule has 0 fully saturated rings. The van der Waals surface area contributed by atoms with Gasteiger partial charge in [-0.15, -0.1) is 0 Å². The molecule has 2 aliphatic heterocycles. The maximum atomic E-state index is 5.39. The molecule has 7 aromatic heterocycles. The number of rotatable bonds is 4. The fraction of sp³-hybridized carbons (Fsp3) is 0.0476. The minimum Gasteiger partial charge on any atom is -0.343 e. The Morgan fingerprint density at radius 3 is 0.765 bits per heavy atom. The molecule has 0 amide bonds. The van der Waals surface area contributed by atoms with Crippen LogP contribution in [0.2, 0.25) is 0 Å². The van der Waals surface area contributed by atoms with E-state index >= 15 is 0 Å². The molecule has 0 aliphatic carbocycles. The number of aryl methyl sites for hydroxylation is 2. The van der Waals surface area contributed by atoms with Crippen molar-refractivity contribution < 1.29 is 17.1 Å². The summed E-state index contributed by atoms with van der Waals surface area (Å²) in [4.78, 5) is 28.1. The molecule has 8 nitrogen and oxygen atoms in total. The largest absolute Gasteiger partial charge is 0.343 e. The third-order valence-corrected chi connectivity index (χ3v) is 9.45. The van der Waals surface area contributed by atoms with Gasteiger partial charge in [-0.2, -0.15) is 0 Å². The topological polar surface area (TPSA) is 87.2 Å². The van der Waals surface area contributed by atoms with Gasteiger partial charge in [-0.3, -0.25) is 19.9 Å². The number of hydrogen-bond donors (Lipinski definition) is 0. The maximum absolute atomic E-state index is 5.39. The Morgan fingerprint density at radius 2 is 0.549 bits per heavy atom. The molecular formula is C42H30FeN8. The molecule has 2 aliphatic rings. The van der Waals surface area contributed by atoms with Crippen LogP contribution < -0.4 is 0 Å². The van der Waals surface area contributed by atoms with Crippen molar-refractivity contribution in [3.05, 3.63) is 145 Å². The Labute approximate surface area is 305 Å². The van der Waals surface area contributed by atoms with Crippen LogP contribution in [0.3, 0.4) is 0 Å². The molecule has 9 heterocycles. The minimum atomic E-state index is 0. The van der Waals surface area contributed by atoms with Gasteiger partial charge in [0.05, 0.1) is 44.8 Å². The summed E-state index contributed by atoms with van der Waals surface area (Å²) in [5.41, 5.74) is 15.8. The normalized spacial score (nSPS) is 11.8. The molecule has 0 saturated heterocycles. The minimum absolute atomic E-state index is 0. The van der Waals surface area contributed by atoms with Crippen LogP contribution in [0.5, 0.6) is 0 Å². The Kier molecular flexibility index (Phi) is 8.28. The Hall–Kier alpha value is -6.28. The molecule has 7 aromatic rings. The SMILES string of the molecule is Cn1c2ccc1c(-c1ccncc1)c1nc(c(-c3ccncc3)c3ccc(c(-c4ccncc4)c4nc(c2-c2ccncc2)C=C4)n3C)C=C1.[Fe]. The standard InChI is InChI=1S/C42H30N8.Fe/c1-49-35-7-8-36(49)40(28-13-21-44-22-14-28)32-4-6-34(48-32)42(30-17-25-46-26-18-30)38-10-9-37(50(38)2)41(29-15-23-45-24-16-29)33-5-3-31(47-33)39(35)27-11-19-43-20-12-27;/h3-26H,1-2H3;. The number of aromatic nitrogens is 8. The van der Waals surface area contributed by atoms with Crippen LogP contribution in [-0.2, 0) is 31.2 Å². The smallest absolute Gasteiger partial charge is 0.0737 e. The van der Waals surface area contributed by atoms with Gasteiger partial charge in [0.2, 0.25) is 0 Å². The zero-order chi connectivity index (χ0) is 33.6. The number of hydrogen-bond acceptors (Lipinski definition) is 6. The molecule has 0 spiro atoms. The fourth-order valence-corrected chi connectivity index (χ4v) is 7.09. The van der Waals surface area contributed by atoms with Crippen molar-refractivity contribution in [2.45, 2.75) is 0 Å². The summed E-state index contributed by atoms with van der Waals surface area (Å²) in [7, 11) is 4.22. The van der Waals surface area contributed by atoms with E-state index in [0.29, 0.717) is 0 Å². The number of fused-ring (bicyclic) bond motifs is 8. The van der Waals surface area contributed by atoms with E-state index in [1.807, 2.05) is 98.1 Å². The van der Waals surface area contributed by atoms with Crippen molar-refractivity contribution in [3.8, 4) is 44.5 Å². The van der Waals surface area contributed by atoms with E-state index in [-0.39, 0.29) is 17.1 Å². The summed E-state index contributed by atoms with van der Waals surface area (Å²) in [6.45, 7) is 0. The van der Waals surface area contributed by atoms with Crippen molar-refractivity contribution in [1.29, 1.82) is 0 Å². The first-order valence-electron chi connectivity index (χ1n) is 16.4. The van der Waals surface area contributed by atoms with Crippen LogP contribution in [0, 0.1) is 0 Å². The van der Waals surface area contributed by atoms with E-state index in [0.717, 1.165) is 89.4 Å². The third kappa shape index (κ3) is 5.49. The van der Waals surface area contributed by atoms with Gasteiger partial charge >= 0.3 is 0 Å². The summed E-state index contributed by atoms with van der Waals surface area (Å²) in [5, 5.41) is 0. The van der Waals surface area contributed by atoms with Gasteiger partial charge in [-0.05, 0) is 119 Å². The summed E-state index contributed by atoms with van der Waals surface area (Å²) in [6, 6.07) is 25.0. The van der Waals surface area contributed by atoms with Gasteiger partial charge in [0.25, 0.3) is 0 Å². The van der Waals surface area contributed by atoms with Gasteiger partial charge in [-0.25, -0.2) is 9.97 Å². The average Bonchev–Trinajstić information content (AvgIpc) is 3.98. The van der Waals surface area contributed by atoms with Gasteiger partial charge in [0.15, 0.2) is 0 Å². The molecule has 0 saturated carbocycles. The zero-order valence-corrected chi connectivity index (χ0v) is 28.9. The van der Waals surface area contributed by atoms with Crippen LogP contribution in [0.1, 0.15) is 22.8 Å². The van der Waals surface area contributed by atoms with E-state index in [4.69, 9.17) is 9.97 Å². The van der Waals surface area contributed by atoms with E-state index in [2.05, 4.69) is 91.7 Å². The number of pyridine rings is 4. The first-order chi connectivity index (χ1) is 24.7. The second-order valence-corrected chi connectivity index (χ2v) is 12.2. The maximum Gasteiger partial charge on any atom is 0.0737 e. The Bertz CT molecular complexity index is 2290. The van der Waals surface area contributed by atoms with Crippen LogP contribution >= 0.6 is 0 Å². The first kappa shape index (κ1) is 32.0. The predicted molar refractivity (Wildman–Crippen MR) is 201 cm³/mol. The van der Waals surface area contributed by atoms with Crippen molar-refractivity contribution in [2.24, 2.45) is 14.1 Å². The van der Waals surface area contributed by atoms with Gasteiger partial charge in [0.1, 0.15) is 0 Å². The molecule has 0 radical (unpaired) electrons. The van der Waals surface area contributed by atoms with Crippen LogP contribution in [0.4, 0.5) is 0 Å². The Balaban J connectivity index is 0.00000374. The molecule has 51 heavy (non-hydrogen) atoms. The van der Waals surface area contributed by atoms with E-state index in [1.54, 1.807) is 0 Å². The molecule has 0 aromatic carbocycles. The van der Waals surface area contributed by atoms with Crippen LogP contribution in [0.15, 0.2) is 122 Å². The summed E-state index contributed by atoms with van der Waals surface area (Å²) < 4.78 is 4.48. The predicted octanol–water partition coefficient (Wildman–Crippen LogP) is 8.92. The second-order valence-electron chi connectivity index (χ2n) is 12.2. The van der Waals surface area contributed by atoms with Crippen LogP contribution in [0.25, 0.3) is 90.9 Å². The molecule has 0 N–H and O–H groups in total. The Morgan fingerprint density at radius 1 is 0.333 bits per heavy atom. The van der Waals surface area contributed by atoms with Gasteiger partial charge in [-0.1, -0.05) is 0 Å². The molecule has 9 rings (SSSR count). The molecular weight excluding hydrogens is 672 g/mol. The zero-order valence-electron chi connectivity index (χ0n) is 27.8. The van der Waals surface area contributed by atoms with E-state index in [9.17, 15) is 0 Å². The molecule has 0 atom stereocenters. The molecule has 246 valence electrons. The summed E-state index contributed by atoms with van der Waals surface area (Å²) >= 11 is 0. The third-order valence-electron chi connectivity index (χ3n) is 9.45. The fourth-order valence-electron chi connectivity index (χ4n) is 7.09. The van der Waals surface area contributed by atoms with E-state index < -0.39 is 0 Å². The molecule has 9 heteroatoms. The van der Waals surface area contributed by atoms with Gasteiger partial charge < -0.3 is 9.13 Å². The first-order valence-corrected chi connectivity index (χ1v) is 16.4. The molecule has 0 unspecified atom stereocenters. The quantitative estimate of drug-likeness (QED) is 0.170. The van der Waals surface area contributed by atoms with Crippen molar-refractivity contribution in [2.75, 3.05) is 0 Å².